The molecule has 0 spiro atoms. The van der Waals surface area contributed by atoms with Crippen LogP contribution < -0.4 is 10.1 Å². The minimum Gasteiger partial charge on any atom is -0.494 e. The summed E-state index contributed by atoms with van der Waals surface area (Å²) in [6, 6.07) is 7.47. The number of carbonyl (C=O) groups is 1. The van der Waals surface area contributed by atoms with E-state index in [0.29, 0.717) is 22.9 Å². The van der Waals surface area contributed by atoms with Gasteiger partial charge in [0.15, 0.2) is 10.8 Å². The highest BCUT2D eigenvalue weighted by Gasteiger charge is 2.16. The molecule has 7 nitrogen and oxygen atoms in total. The van der Waals surface area contributed by atoms with Gasteiger partial charge in [0.1, 0.15) is 5.75 Å². The summed E-state index contributed by atoms with van der Waals surface area (Å²) in [5.74, 6) is 0.570. The van der Waals surface area contributed by atoms with E-state index in [4.69, 9.17) is 4.74 Å². The molecule has 0 unspecified atom stereocenters. The van der Waals surface area contributed by atoms with Gasteiger partial charge < -0.3 is 4.74 Å². The van der Waals surface area contributed by atoms with Crippen LogP contribution in [-0.2, 0) is 7.05 Å². The molecule has 0 saturated heterocycles. The summed E-state index contributed by atoms with van der Waals surface area (Å²) in [6.07, 6.45) is 1.66. The topological polar surface area (TPSA) is 81.9 Å². The number of ether oxygens (including phenoxy) is 1. The van der Waals surface area contributed by atoms with E-state index in [-0.39, 0.29) is 5.91 Å². The van der Waals surface area contributed by atoms with Crippen molar-refractivity contribution in [3.05, 3.63) is 41.7 Å². The van der Waals surface area contributed by atoms with E-state index in [0.717, 1.165) is 27.0 Å². The molecule has 0 radical (unpaired) electrons. The molecule has 1 aromatic carbocycles. The molecule has 132 valence electrons. The molecule has 1 N–H and O–H groups in total. The van der Waals surface area contributed by atoms with Crippen molar-refractivity contribution in [1.29, 1.82) is 0 Å². The number of hydrogen-bond acceptors (Lipinski definition) is 6. The van der Waals surface area contributed by atoms with E-state index in [1.165, 1.54) is 11.3 Å². The van der Waals surface area contributed by atoms with Crippen LogP contribution in [0.5, 0.6) is 5.75 Å². The van der Waals surface area contributed by atoms with Gasteiger partial charge in [0.25, 0.3) is 5.91 Å². The Balaban J connectivity index is 1.67. The zero-order valence-corrected chi connectivity index (χ0v) is 15.4. The van der Waals surface area contributed by atoms with Crippen LogP contribution in [0.1, 0.15) is 23.0 Å². The van der Waals surface area contributed by atoms with E-state index < -0.39 is 0 Å². The van der Waals surface area contributed by atoms with Gasteiger partial charge in [-0.15, -0.1) is 0 Å². The zero-order chi connectivity index (χ0) is 18.3. The predicted molar refractivity (Wildman–Crippen MR) is 102 cm³/mol. The van der Waals surface area contributed by atoms with Crippen molar-refractivity contribution < 1.29 is 9.53 Å². The number of nitrogens with one attached hydrogen (secondary N) is 1. The fourth-order valence-corrected chi connectivity index (χ4v) is 3.70. The standard InChI is InChI=1S/C18H17N5O2S/c1-4-25-11-5-6-14-15(8-11)26-18(21-14)22-17(24)12-7-10(2)20-16-13(12)9-19-23(16)3/h5-9H,4H2,1-3H3,(H,21,22,24). The fraction of sp³-hybridized carbons (Fsp3) is 0.222. The van der Waals surface area contributed by atoms with Gasteiger partial charge in [0.2, 0.25) is 0 Å². The number of rotatable bonds is 4. The molecule has 0 aliphatic heterocycles. The van der Waals surface area contributed by atoms with Crippen molar-refractivity contribution in [2.24, 2.45) is 7.05 Å². The summed E-state index contributed by atoms with van der Waals surface area (Å²) >= 11 is 1.42. The van der Waals surface area contributed by atoms with Crippen molar-refractivity contribution in [1.82, 2.24) is 19.7 Å². The second-order valence-corrected chi connectivity index (χ2v) is 6.88. The number of amides is 1. The van der Waals surface area contributed by atoms with Crippen LogP contribution in [0.25, 0.3) is 21.3 Å². The molecule has 4 rings (SSSR count). The molecule has 0 aliphatic carbocycles. The van der Waals surface area contributed by atoms with E-state index >= 15 is 0 Å². The lowest BCUT2D eigenvalue weighted by Crippen LogP contribution is -2.13. The van der Waals surface area contributed by atoms with Crippen LogP contribution in [0.15, 0.2) is 30.5 Å². The van der Waals surface area contributed by atoms with Crippen molar-refractivity contribution in [3.63, 3.8) is 0 Å². The molecule has 3 heterocycles. The minimum absolute atomic E-state index is 0.224. The summed E-state index contributed by atoms with van der Waals surface area (Å²) in [5.41, 5.74) is 2.80. The number of carbonyl (C=O) groups excluding carboxylic acids is 1. The smallest absolute Gasteiger partial charge is 0.258 e. The van der Waals surface area contributed by atoms with Crippen molar-refractivity contribution in [3.8, 4) is 5.75 Å². The first-order valence-electron chi connectivity index (χ1n) is 8.19. The first-order chi connectivity index (χ1) is 12.5. The molecule has 0 aliphatic rings. The predicted octanol–water partition coefficient (Wildman–Crippen LogP) is 3.54. The molecular formula is C18H17N5O2S. The molecule has 0 atom stereocenters. The number of aromatic nitrogens is 4. The quantitative estimate of drug-likeness (QED) is 0.597. The van der Waals surface area contributed by atoms with Crippen LogP contribution >= 0.6 is 11.3 Å². The highest BCUT2D eigenvalue weighted by molar-refractivity contribution is 7.22. The Morgan fingerprint density at radius 2 is 2.15 bits per heavy atom. The van der Waals surface area contributed by atoms with Crippen LogP contribution in [0, 0.1) is 6.92 Å². The lowest BCUT2D eigenvalue weighted by molar-refractivity contribution is 0.102. The van der Waals surface area contributed by atoms with Crippen molar-refractivity contribution >= 4 is 43.6 Å². The molecule has 4 aromatic rings. The summed E-state index contributed by atoms with van der Waals surface area (Å²) < 4.78 is 8.13. The van der Waals surface area contributed by atoms with Gasteiger partial charge >= 0.3 is 0 Å². The third-order valence-corrected chi connectivity index (χ3v) is 4.90. The highest BCUT2D eigenvalue weighted by atomic mass is 32.1. The lowest BCUT2D eigenvalue weighted by atomic mass is 10.1. The number of fused-ring (bicyclic) bond motifs is 2. The minimum atomic E-state index is -0.224. The maximum absolute atomic E-state index is 12.8. The Hall–Kier alpha value is -3.00. The molecule has 0 saturated carbocycles. The number of benzene rings is 1. The number of aryl methyl sites for hydroxylation is 2. The molecule has 3 aromatic heterocycles. The normalized spacial score (nSPS) is 11.2. The van der Waals surface area contributed by atoms with Gasteiger partial charge in [0.05, 0.1) is 34.0 Å². The Bertz CT molecular complexity index is 1130. The average molecular weight is 367 g/mol. The van der Waals surface area contributed by atoms with Gasteiger partial charge in [-0.1, -0.05) is 11.3 Å². The molecule has 0 bridgehead atoms. The van der Waals surface area contributed by atoms with Crippen molar-refractivity contribution in [2.45, 2.75) is 13.8 Å². The van der Waals surface area contributed by atoms with Crippen LogP contribution in [0.4, 0.5) is 5.13 Å². The molecule has 1 amide bonds. The summed E-state index contributed by atoms with van der Waals surface area (Å²) in [5, 5.41) is 8.35. The molecular weight excluding hydrogens is 350 g/mol. The second-order valence-electron chi connectivity index (χ2n) is 5.85. The SMILES string of the molecule is CCOc1ccc2nc(NC(=O)c3cc(C)nc4c3cnn4C)sc2c1. The summed E-state index contributed by atoms with van der Waals surface area (Å²) in [4.78, 5) is 21.7. The first-order valence-corrected chi connectivity index (χ1v) is 9.01. The van der Waals surface area contributed by atoms with Crippen LogP contribution in [0.3, 0.4) is 0 Å². The largest absolute Gasteiger partial charge is 0.494 e. The van der Waals surface area contributed by atoms with Gasteiger partial charge in [0, 0.05) is 12.7 Å². The maximum atomic E-state index is 12.8. The molecule has 0 fully saturated rings. The molecule has 26 heavy (non-hydrogen) atoms. The first kappa shape index (κ1) is 16.5. The Kier molecular flexibility index (Phi) is 4.04. The van der Waals surface area contributed by atoms with Gasteiger partial charge in [-0.3, -0.25) is 14.8 Å². The monoisotopic (exact) mass is 367 g/mol. The van der Waals surface area contributed by atoms with Gasteiger partial charge in [-0.25, -0.2) is 9.97 Å². The highest BCUT2D eigenvalue weighted by Crippen LogP contribution is 2.30. The number of nitrogens with zero attached hydrogens (tertiary/aromatic N) is 4. The van der Waals surface area contributed by atoms with Crippen molar-refractivity contribution in [2.75, 3.05) is 11.9 Å². The van der Waals surface area contributed by atoms with E-state index in [9.17, 15) is 4.79 Å². The second kappa shape index (κ2) is 6.38. The Morgan fingerprint density at radius 3 is 2.96 bits per heavy atom. The Morgan fingerprint density at radius 1 is 1.31 bits per heavy atom. The Labute approximate surface area is 153 Å². The van der Waals surface area contributed by atoms with Gasteiger partial charge in [-0.05, 0) is 38.1 Å². The van der Waals surface area contributed by atoms with E-state index in [1.54, 1.807) is 24.0 Å². The number of pyridine rings is 1. The van der Waals surface area contributed by atoms with E-state index in [1.807, 2.05) is 32.0 Å². The third-order valence-electron chi connectivity index (χ3n) is 3.97. The third kappa shape index (κ3) is 2.88. The number of anilines is 1. The maximum Gasteiger partial charge on any atom is 0.258 e. The molecule has 8 heteroatoms. The fourth-order valence-electron chi connectivity index (χ4n) is 2.81. The average Bonchev–Trinajstić information content (AvgIpc) is 3.17. The zero-order valence-electron chi connectivity index (χ0n) is 14.6. The van der Waals surface area contributed by atoms with E-state index in [2.05, 4.69) is 20.4 Å². The van der Waals surface area contributed by atoms with Crippen LogP contribution in [0.2, 0.25) is 0 Å². The number of thiazole rings is 1. The summed E-state index contributed by atoms with van der Waals surface area (Å²) in [7, 11) is 1.81. The lowest BCUT2D eigenvalue weighted by Gasteiger charge is -2.04. The van der Waals surface area contributed by atoms with Gasteiger partial charge in [-0.2, -0.15) is 5.10 Å². The number of hydrogen-bond donors (Lipinski definition) is 1. The summed E-state index contributed by atoms with van der Waals surface area (Å²) in [6.45, 7) is 4.41. The van der Waals surface area contributed by atoms with Crippen LogP contribution in [-0.4, -0.2) is 32.3 Å².